The highest BCUT2D eigenvalue weighted by Gasteiger charge is 2.47. The Bertz CT molecular complexity index is 890. The first-order chi connectivity index (χ1) is 15.8. The lowest BCUT2D eigenvalue weighted by atomic mass is 9.88. The third kappa shape index (κ3) is 4.56. The van der Waals surface area contributed by atoms with Gasteiger partial charge in [0.15, 0.2) is 11.7 Å². The van der Waals surface area contributed by atoms with Crippen LogP contribution in [0.25, 0.3) is 0 Å². The predicted octanol–water partition coefficient (Wildman–Crippen LogP) is 1.59. The van der Waals surface area contributed by atoms with E-state index in [0.29, 0.717) is 23.3 Å². The summed E-state index contributed by atoms with van der Waals surface area (Å²) in [7, 11) is 3.67. The first-order valence-electron chi connectivity index (χ1n) is 12.1. The molecule has 180 valence electrons. The molecule has 2 amide bonds. The van der Waals surface area contributed by atoms with Crippen LogP contribution in [-0.4, -0.2) is 80.0 Å². The molecule has 2 saturated heterocycles. The Labute approximate surface area is 196 Å². The van der Waals surface area contributed by atoms with Gasteiger partial charge in [-0.1, -0.05) is 12.1 Å². The molecule has 5 atom stereocenters. The number of ether oxygens (including phenoxy) is 1. The van der Waals surface area contributed by atoms with E-state index < -0.39 is 23.5 Å². The molecule has 3 unspecified atom stereocenters. The molecule has 33 heavy (non-hydrogen) atoms. The SMILES string of the molecule is CNCC(CN1[C@@H]2CC[C@H]1CC(NC(=O)C1C(=O)c3ccccc3N(C(C)C)C1=O)C2)OC. The molecule has 3 aliphatic rings. The number of Topliss-reactive ketones (excluding diaryl/α,β-unsaturated/α-hetero) is 1. The van der Waals surface area contributed by atoms with E-state index in [1.807, 2.05) is 27.0 Å². The van der Waals surface area contributed by atoms with Gasteiger partial charge in [0.25, 0.3) is 0 Å². The van der Waals surface area contributed by atoms with Gasteiger partial charge in [-0.05, 0) is 58.7 Å². The topological polar surface area (TPSA) is 91.0 Å². The lowest BCUT2D eigenvalue weighted by Gasteiger charge is -2.41. The summed E-state index contributed by atoms with van der Waals surface area (Å²) in [6.07, 6.45) is 3.99. The molecule has 2 bridgehead atoms. The number of amides is 2. The molecule has 8 nitrogen and oxygen atoms in total. The first-order valence-corrected chi connectivity index (χ1v) is 12.1. The number of ketones is 1. The molecule has 0 aromatic heterocycles. The van der Waals surface area contributed by atoms with Gasteiger partial charge in [-0.25, -0.2) is 0 Å². The third-order valence-corrected chi connectivity index (χ3v) is 7.36. The number of rotatable bonds is 8. The second kappa shape index (κ2) is 9.91. The largest absolute Gasteiger partial charge is 0.379 e. The summed E-state index contributed by atoms with van der Waals surface area (Å²) in [6.45, 7) is 5.46. The molecule has 1 aromatic rings. The third-order valence-electron chi connectivity index (χ3n) is 7.36. The summed E-state index contributed by atoms with van der Waals surface area (Å²) < 4.78 is 5.62. The fourth-order valence-corrected chi connectivity index (χ4v) is 5.84. The van der Waals surface area contributed by atoms with Crippen LogP contribution in [0.2, 0.25) is 0 Å². The van der Waals surface area contributed by atoms with Gasteiger partial charge >= 0.3 is 0 Å². The first kappa shape index (κ1) is 23.9. The number of anilines is 1. The molecule has 3 aliphatic heterocycles. The Kier molecular flexibility index (Phi) is 7.16. The van der Waals surface area contributed by atoms with Gasteiger partial charge in [0.05, 0.1) is 11.8 Å². The number of para-hydroxylation sites is 1. The van der Waals surface area contributed by atoms with Gasteiger partial charge < -0.3 is 20.3 Å². The van der Waals surface area contributed by atoms with Gasteiger partial charge in [-0.2, -0.15) is 0 Å². The van der Waals surface area contributed by atoms with E-state index in [4.69, 9.17) is 4.74 Å². The van der Waals surface area contributed by atoms with Crippen LogP contribution in [0.1, 0.15) is 49.9 Å². The van der Waals surface area contributed by atoms with Gasteiger partial charge in [0.2, 0.25) is 11.8 Å². The number of piperidine rings is 1. The second-order valence-corrected chi connectivity index (χ2v) is 9.79. The number of likely N-dealkylation sites (N-methyl/N-ethyl adjacent to an activating group) is 1. The summed E-state index contributed by atoms with van der Waals surface area (Å²) in [5, 5.41) is 6.26. The molecule has 4 rings (SSSR count). The number of carbonyl (C=O) groups is 3. The minimum Gasteiger partial charge on any atom is -0.379 e. The van der Waals surface area contributed by atoms with Gasteiger partial charge in [-0.3, -0.25) is 19.3 Å². The number of benzene rings is 1. The maximum Gasteiger partial charge on any atom is 0.247 e. The molecule has 0 aliphatic carbocycles. The van der Waals surface area contributed by atoms with Crippen LogP contribution in [0, 0.1) is 5.92 Å². The van der Waals surface area contributed by atoms with E-state index in [9.17, 15) is 14.4 Å². The number of nitrogens with one attached hydrogen (secondary N) is 2. The van der Waals surface area contributed by atoms with Crippen LogP contribution in [0.15, 0.2) is 24.3 Å². The highest BCUT2D eigenvalue weighted by atomic mass is 16.5. The van der Waals surface area contributed by atoms with E-state index in [1.165, 1.54) is 0 Å². The van der Waals surface area contributed by atoms with Crippen LogP contribution < -0.4 is 15.5 Å². The Morgan fingerprint density at radius 3 is 2.42 bits per heavy atom. The minimum absolute atomic E-state index is 0.0261. The van der Waals surface area contributed by atoms with Crippen molar-refractivity contribution in [3.8, 4) is 0 Å². The zero-order chi connectivity index (χ0) is 23.7. The number of hydrogen-bond donors (Lipinski definition) is 2. The maximum absolute atomic E-state index is 13.3. The number of fused-ring (bicyclic) bond motifs is 3. The van der Waals surface area contributed by atoms with E-state index >= 15 is 0 Å². The molecule has 1 aromatic carbocycles. The van der Waals surface area contributed by atoms with Crippen LogP contribution >= 0.6 is 0 Å². The summed E-state index contributed by atoms with van der Waals surface area (Å²) in [5.41, 5.74) is 1.03. The zero-order valence-electron chi connectivity index (χ0n) is 20.0. The summed E-state index contributed by atoms with van der Waals surface area (Å²) in [5.74, 6) is -2.61. The highest BCUT2D eigenvalue weighted by molar-refractivity contribution is 6.31. The van der Waals surface area contributed by atoms with Crippen LogP contribution in [0.4, 0.5) is 5.69 Å². The van der Waals surface area contributed by atoms with E-state index in [2.05, 4.69) is 15.5 Å². The average molecular weight is 457 g/mol. The van der Waals surface area contributed by atoms with Crippen molar-refractivity contribution >= 4 is 23.3 Å². The van der Waals surface area contributed by atoms with E-state index in [-0.39, 0.29) is 18.2 Å². The van der Waals surface area contributed by atoms with Crippen molar-refractivity contribution in [1.29, 1.82) is 0 Å². The smallest absolute Gasteiger partial charge is 0.247 e. The molecule has 0 spiro atoms. The lowest BCUT2D eigenvalue weighted by Crippen LogP contribution is -2.57. The predicted molar refractivity (Wildman–Crippen MR) is 126 cm³/mol. The molecule has 0 radical (unpaired) electrons. The fourth-order valence-electron chi connectivity index (χ4n) is 5.84. The Balaban J connectivity index is 1.45. The molecular formula is C25H36N4O4. The average Bonchev–Trinajstić information content (AvgIpc) is 3.00. The van der Waals surface area contributed by atoms with E-state index in [1.54, 1.807) is 30.2 Å². The van der Waals surface area contributed by atoms with Crippen molar-refractivity contribution in [2.45, 2.75) is 69.8 Å². The quantitative estimate of drug-likeness (QED) is 0.578. The van der Waals surface area contributed by atoms with Crippen LogP contribution in [0.3, 0.4) is 0 Å². The van der Waals surface area contributed by atoms with Crippen molar-refractivity contribution < 1.29 is 19.1 Å². The minimum atomic E-state index is -1.31. The zero-order valence-corrected chi connectivity index (χ0v) is 20.0. The lowest BCUT2D eigenvalue weighted by molar-refractivity contribution is -0.132. The molecule has 0 saturated carbocycles. The normalized spacial score (nSPS) is 28.2. The Hall–Kier alpha value is -2.29. The van der Waals surface area contributed by atoms with Gasteiger partial charge in [-0.15, -0.1) is 0 Å². The standard InChI is InChI=1S/C25H36N4O4/c1-15(2)29-21-8-6-5-7-20(21)23(30)22(25(29)32)24(31)27-16-11-17-9-10-18(12-16)28(17)14-19(33-4)13-26-3/h5-8,15-19,22,26H,9-14H2,1-4H3,(H,27,31)/t16?,17-,18+,19?,22?. The summed E-state index contributed by atoms with van der Waals surface area (Å²) >= 11 is 0. The maximum atomic E-state index is 13.3. The number of methoxy groups -OCH3 is 1. The second-order valence-electron chi connectivity index (χ2n) is 9.79. The Morgan fingerprint density at radius 2 is 1.82 bits per heavy atom. The van der Waals surface area contributed by atoms with Crippen molar-refractivity contribution in [2.24, 2.45) is 5.92 Å². The molecule has 3 heterocycles. The molecule has 8 heteroatoms. The van der Waals surface area contributed by atoms with Crippen molar-refractivity contribution in [3.05, 3.63) is 29.8 Å². The Morgan fingerprint density at radius 1 is 1.15 bits per heavy atom. The van der Waals surface area contributed by atoms with Gasteiger partial charge in [0, 0.05) is 49.9 Å². The van der Waals surface area contributed by atoms with Gasteiger partial charge in [0.1, 0.15) is 0 Å². The monoisotopic (exact) mass is 456 g/mol. The van der Waals surface area contributed by atoms with Crippen molar-refractivity contribution in [2.75, 3.05) is 32.1 Å². The fraction of sp³-hybridized carbons (Fsp3) is 0.640. The highest BCUT2D eigenvalue weighted by Crippen LogP contribution is 2.37. The van der Waals surface area contributed by atoms with Crippen LogP contribution in [-0.2, 0) is 14.3 Å². The van der Waals surface area contributed by atoms with E-state index in [0.717, 1.165) is 38.8 Å². The summed E-state index contributed by atoms with van der Waals surface area (Å²) in [4.78, 5) is 43.8. The molecular weight excluding hydrogens is 420 g/mol. The van der Waals surface area contributed by atoms with Crippen molar-refractivity contribution in [3.63, 3.8) is 0 Å². The molecule has 2 fully saturated rings. The molecule has 2 N–H and O–H groups in total. The van der Waals surface area contributed by atoms with Crippen LogP contribution in [0.5, 0.6) is 0 Å². The number of carbonyl (C=O) groups excluding carboxylic acids is 3. The van der Waals surface area contributed by atoms with Crippen molar-refractivity contribution in [1.82, 2.24) is 15.5 Å². The summed E-state index contributed by atoms with van der Waals surface area (Å²) in [6, 6.07) is 7.65. The number of hydrogen-bond acceptors (Lipinski definition) is 6. The number of nitrogens with zero attached hydrogens (tertiary/aromatic N) is 2.